The lowest BCUT2D eigenvalue weighted by atomic mass is 10.1. The molecule has 6 nitrogen and oxygen atoms in total. The van der Waals surface area contributed by atoms with Gasteiger partial charge in [0.1, 0.15) is 0 Å². The molecule has 1 aromatic heterocycles. The van der Waals surface area contributed by atoms with E-state index in [4.69, 9.17) is 0 Å². The molecule has 1 N–H and O–H groups in total. The maximum atomic E-state index is 12.7. The van der Waals surface area contributed by atoms with Gasteiger partial charge in [0.15, 0.2) is 0 Å². The Bertz CT molecular complexity index is 1180. The molecular weight excluding hydrogens is 386 g/mol. The van der Waals surface area contributed by atoms with E-state index in [0.717, 1.165) is 27.7 Å². The molecule has 0 aliphatic carbocycles. The second kappa shape index (κ2) is 8.05. The normalized spacial score (nSPS) is 13.7. The number of sulfonamides is 1. The molecule has 2 aromatic carbocycles. The van der Waals surface area contributed by atoms with Gasteiger partial charge in [0.25, 0.3) is 0 Å². The summed E-state index contributed by atoms with van der Waals surface area (Å²) in [5.41, 5.74) is 3.42. The summed E-state index contributed by atoms with van der Waals surface area (Å²) in [4.78, 5) is 16.5. The standard InChI is InChI=1S/C22H21N3O3S/c26-21(11-10-19-7-3-6-18-8-4-13-24-22(18)19)23-14-16-29(27,28)25-15-12-17-5-1-2-9-20(17)25/h1-11,13H,12,14-16H2,(H,23,26). The van der Waals surface area contributed by atoms with Crippen LogP contribution in [0.3, 0.4) is 0 Å². The number of benzene rings is 2. The Hall–Kier alpha value is -3.19. The first-order valence-electron chi connectivity index (χ1n) is 9.42. The van der Waals surface area contributed by atoms with Crippen molar-refractivity contribution in [2.75, 3.05) is 23.1 Å². The molecule has 4 rings (SSSR count). The summed E-state index contributed by atoms with van der Waals surface area (Å²) in [7, 11) is -3.48. The van der Waals surface area contributed by atoms with Crippen molar-refractivity contribution in [3.05, 3.63) is 78.0 Å². The zero-order valence-electron chi connectivity index (χ0n) is 15.8. The average molecular weight is 407 g/mol. The first kappa shape index (κ1) is 19.1. The molecule has 2 heterocycles. The number of carbonyl (C=O) groups excluding carboxylic acids is 1. The van der Waals surface area contributed by atoms with Crippen molar-refractivity contribution in [3.63, 3.8) is 0 Å². The summed E-state index contributed by atoms with van der Waals surface area (Å²) >= 11 is 0. The number of rotatable bonds is 6. The minimum absolute atomic E-state index is 0.0535. The lowest BCUT2D eigenvalue weighted by Crippen LogP contribution is -2.36. The molecule has 1 aliphatic rings. The van der Waals surface area contributed by atoms with Gasteiger partial charge < -0.3 is 5.32 Å². The topological polar surface area (TPSA) is 79.4 Å². The minimum atomic E-state index is -3.48. The molecule has 148 valence electrons. The number of amides is 1. The number of hydrogen-bond acceptors (Lipinski definition) is 4. The van der Waals surface area contributed by atoms with Crippen LogP contribution in [0.4, 0.5) is 5.69 Å². The Labute approximate surface area is 169 Å². The fourth-order valence-corrected chi connectivity index (χ4v) is 4.92. The van der Waals surface area contributed by atoms with Crippen molar-refractivity contribution in [2.45, 2.75) is 6.42 Å². The van der Waals surface area contributed by atoms with Crippen LogP contribution in [0, 0.1) is 0 Å². The molecular formula is C22H21N3O3S. The SMILES string of the molecule is O=C(C=Cc1cccc2cccnc12)NCCS(=O)(=O)N1CCc2ccccc21. The highest BCUT2D eigenvalue weighted by molar-refractivity contribution is 7.92. The third kappa shape index (κ3) is 4.14. The van der Waals surface area contributed by atoms with E-state index in [1.807, 2.05) is 54.6 Å². The van der Waals surface area contributed by atoms with E-state index in [9.17, 15) is 13.2 Å². The van der Waals surface area contributed by atoms with E-state index < -0.39 is 10.0 Å². The van der Waals surface area contributed by atoms with Crippen molar-refractivity contribution in [1.82, 2.24) is 10.3 Å². The summed E-state index contributed by atoms with van der Waals surface area (Å²) in [5, 5.41) is 3.65. The van der Waals surface area contributed by atoms with Gasteiger partial charge >= 0.3 is 0 Å². The maximum absolute atomic E-state index is 12.7. The lowest BCUT2D eigenvalue weighted by molar-refractivity contribution is -0.116. The van der Waals surface area contributed by atoms with E-state index in [0.29, 0.717) is 13.0 Å². The first-order chi connectivity index (χ1) is 14.0. The van der Waals surface area contributed by atoms with Crippen LogP contribution in [0.1, 0.15) is 11.1 Å². The fraction of sp³-hybridized carbons (Fsp3) is 0.182. The van der Waals surface area contributed by atoms with Crippen molar-refractivity contribution < 1.29 is 13.2 Å². The Balaban J connectivity index is 1.36. The molecule has 0 saturated carbocycles. The van der Waals surface area contributed by atoms with Crippen LogP contribution in [0.2, 0.25) is 0 Å². The molecule has 1 amide bonds. The number of para-hydroxylation sites is 2. The third-order valence-electron chi connectivity index (χ3n) is 4.92. The Morgan fingerprint density at radius 1 is 1.10 bits per heavy atom. The van der Waals surface area contributed by atoms with Gasteiger partial charge in [-0.2, -0.15) is 0 Å². The number of pyridine rings is 1. The van der Waals surface area contributed by atoms with Crippen LogP contribution in [-0.4, -0.2) is 38.2 Å². The molecule has 0 bridgehead atoms. The largest absolute Gasteiger partial charge is 0.351 e. The Kier molecular flexibility index (Phi) is 5.31. The molecule has 0 saturated heterocycles. The molecule has 29 heavy (non-hydrogen) atoms. The minimum Gasteiger partial charge on any atom is -0.351 e. The van der Waals surface area contributed by atoms with Gasteiger partial charge in [-0.05, 0) is 30.2 Å². The van der Waals surface area contributed by atoms with Crippen molar-refractivity contribution in [1.29, 1.82) is 0 Å². The molecule has 1 aliphatic heterocycles. The van der Waals surface area contributed by atoms with E-state index in [1.165, 1.54) is 10.4 Å². The fourth-order valence-electron chi connectivity index (χ4n) is 3.50. The summed E-state index contributed by atoms with van der Waals surface area (Å²) in [6, 6.07) is 17.1. The van der Waals surface area contributed by atoms with Crippen molar-refractivity contribution >= 4 is 38.6 Å². The molecule has 0 atom stereocenters. The number of nitrogens with one attached hydrogen (secondary N) is 1. The van der Waals surface area contributed by atoms with Gasteiger partial charge in [-0.1, -0.05) is 42.5 Å². The van der Waals surface area contributed by atoms with Crippen molar-refractivity contribution in [2.24, 2.45) is 0 Å². The highest BCUT2D eigenvalue weighted by Gasteiger charge is 2.28. The summed E-state index contributed by atoms with van der Waals surface area (Å²) in [6.45, 7) is 0.502. The van der Waals surface area contributed by atoms with Crippen LogP contribution < -0.4 is 9.62 Å². The van der Waals surface area contributed by atoms with Crippen LogP contribution >= 0.6 is 0 Å². The summed E-state index contributed by atoms with van der Waals surface area (Å²) in [6.07, 6.45) is 5.52. The molecule has 0 spiro atoms. The molecule has 0 fully saturated rings. The van der Waals surface area contributed by atoms with E-state index in [2.05, 4.69) is 10.3 Å². The highest BCUT2D eigenvalue weighted by atomic mass is 32.2. The van der Waals surface area contributed by atoms with E-state index in [1.54, 1.807) is 12.3 Å². The predicted molar refractivity (Wildman–Crippen MR) is 115 cm³/mol. The van der Waals surface area contributed by atoms with Crippen molar-refractivity contribution in [3.8, 4) is 0 Å². The number of anilines is 1. The quantitative estimate of drug-likeness (QED) is 0.637. The number of fused-ring (bicyclic) bond motifs is 2. The van der Waals surface area contributed by atoms with Gasteiger partial charge in [0.2, 0.25) is 15.9 Å². The number of nitrogens with zero attached hydrogens (tertiary/aromatic N) is 2. The van der Waals surface area contributed by atoms with Gasteiger partial charge in [0, 0.05) is 36.3 Å². The van der Waals surface area contributed by atoms with Gasteiger partial charge in [-0.25, -0.2) is 8.42 Å². The summed E-state index contributed by atoms with van der Waals surface area (Å²) < 4.78 is 26.7. The second-order valence-electron chi connectivity index (χ2n) is 6.81. The number of hydrogen-bond donors (Lipinski definition) is 1. The van der Waals surface area contributed by atoms with Gasteiger partial charge in [-0.15, -0.1) is 0 Å². The van der Waals surface area contributed by atoms with Crippen LogP contribution in [-0.2, 0) is 21.2 Å². The maximum Gasteiger partial charge on any atom is 0.244 e. The predicted octanol–water partition coefficient (Wildman–Crippen LogP) is 2.76. The van der Waals surface area contributed by atoms with Crippen LogP contribution in [0.5, 0.6) is 0 Å². The number of carbonyl (C=O) groups is 1. The lowest BCUT2D eigenvalue weighted by Gasteiger charge is -2.19. The molecule has 7 heteroatoms. The monoisotopic (exact) mass is 407 g/mol. The van der Waals surface area contributed by atoms with E-state index >= 15 is 0 Å². The highest BCUT2D eigenvalue weighted by Crippen LogP contribution is 2.29. The molecule has 3 aromatic rings. The van der Waals surface area contributed by atoms with Gasteiger partial charge in [0.05, 0.1) is 17.0 Å². The van der Waals surface area contributed by atoms with Gasteiger partial charge in [-0.3, -0.25) is 14.1 Å². The average Bonchev–Trinajstić information content (AvgIpc) is 3.17. The molecule has 0 unspecified atom stereocenters. The first-order valence-corrected chi connectivity index (χ1v) is 11.0. The van der Waals surface area contributed by atoms with Crippen LogP contribution in [0.25, 0.3) is 17.0 Å². The second-order valence-corrected chi connectivity index (χ2v) is 8.83. The zero-order valence-corrected chi connectivity index (χ0v) is 16.6. The zero-order chi connectivity index (χ0) is 20.3. The Morgan fingerprint density at radius 2 is 1.93 bits per heavy atom. The Morgan fingerprint density at radius 3 is 2.83 bits per heavy atom. The van der Waals surface area contributed by atoms with E-state index in [-0.39, 0.29) is 18.2 Å². The summed E-state index contributed by atoms with van der Waals surface area (Å²) in [5.74, 6) is -0.480. The van der Waals surface area contributed by atoms with Crippen LogP contribution in [0.15, 0.2) is 66.9 Å². The number of aromatic nitrogens is 1. The third-order valence-corrected chi connectivity index (χ3v) is 6.69. The smallest absolute Gasteiger partial charge is 0.244 e. The molecule has 0 radical (unpaired) electrons.